The highest BCUT2D eigenvalue weighted by atomic mass is 16.5. The second kappa shape index (κ2) is 11.7. The molecule has 0 aliphatic rings. The van der Waals surface area contributed by atoms with Gasteiger partial charge in [0.2, 0.25) is 0 Å². The Kier molecular flexibility index (Phi) is 7.73. The molecule has 0 radical (unpaired) electrons. The number of ether oxygens (including phenoxy) is 2. The van der Waals surface area contributed by atoms with E-state index in [1.54, 1.807) is 18.2 Å². The fraction of sp³-hybridized carbons (Fsp3) is 0.152. The van der Waals surface area contributed by atoms with Crippen LogP contribution in [0, 0.1) is 6.92 Å². The Labute approximate surface area is 226 Å². The average Bonchev–Trinajstić information content (AvgIpc) is 3.64. The van der Waals surface area contributed by atoms with E-state index in [2.05, 4.69) is 19.1 Å². The van der Waals surface area contributed by atoms with Crippen molar-refractivity contribution in [1.82, 2.24) is 0 Å². The molecule has 6 nitrogen and oxygen atoms in total. The summed E-state index contributed by atoms with van der Waals surface area (Å²) in [4.78, 5) is 23.3. The van der Waals surface area contributed by atoms with Gasteiger partial charge in [0.25, 0.3) is 0 Å². The minimum absolute atomic E-state index is 0.166. The van der Waals surface area contributed by atoms with Crippen molar-refractivity contribution in [2.75, 3.05) is 13.2 Å². The van der Waals surface area contributed by atoms with Crippen LogP contribution in [-0.4, -0.2) is 25.2 Å². The first-order valence-electron chi connectivity index (χ1n) is 12.7. The van der Waals surface area contributed by atoms with E-state index in [9.17, 15) is 9.59 Å². The van der Waals surface area contributed by atoms with Gasteiger partial charge in [0.1, 0.15) is 23.0 Å². The van der Waals surface area contributed by atoms with Crippen molar-refractivity contribution in [3.63, 3.8) is 0 Å². The summed E-state index contributed by atoms with van der Waals surface area (Å²) in [6.45, 7) is 3.79. The van der Waals surface area contributed by atoms with Crippen LogP contribution in [0.2, 0.25) is 0 Å². The van der Waals surface area contributed by atoms with Crippen molar-refractivity contribution in [3.05, 3.63) is 108 Å². The number of furan rings is 2. The molecular formula is C33H28O6. The van der Waals surface area contributed by atoms with Crippen molar-refractivity contribution in [2.24, 2.45) is 0 Å². The van der Waals surface area contributed by atoms with Gasteiger partial charge in [-0.05, 0) is 55.5 Å². The number of rotatable bonds is 9. The summed E-state index contributed by atoms with van der Waals surface area (Å²) in [6, 6.07) is 31.1. The number of carbonyl (C=O) groups is 2. The van der Waals surface area contributed by atoms with E-state index in [4.69, 9.17) is 18.3 Å². The lowest BCUT2D eigenvalue weighted by molar-refractivity contribution is -0.141. The van der Waals surface area contributed by atoms with E-state index in [-0.39, 0.29) is 19.2 Å². The van der Waals surface area contributed by atoms with Crippen LogP contribution in [0.1, 0.15) is 29.3 Å². The first-order chi connectivity index (χ1) is 19.0. The SMILES string of the molecule is CC(=O)OCCCOC(=O)c1cccc(-c2ccc(-c3cccc(-c4ccc(-c5cccc(C)c5)o4)c3)o2)c1. The smallest absolute Gasteiger partial charge is 0.338 e. The van der Waals surface area contributed by atoms with Crippen LogP contribution in [0.15, 0.2) is 106 Å². The van der Waals surface area contributed by atoms with Gasteiger partial charge in [-0.3, -0.25) is 4.79 Å². The second-order valence-electron chi connectivity index (χ2n) is 9.19. The summed E-state index contributed by atoms with van der Waals surface area (Å²) in [5.41, 5.74) is 5.27. The van der Waals surface area contributed by atoms with E-state index in [1.165, 1.54) is 12.5 Å². The zero-order chi connectivity index (χ0) is 27.2. The van der Waals surface area contributed by atoms with Gasteiger partial charge in [0.05, 0.1) is 18.8 Å². The van der Waals surface area contributed by atoms with Gasteiger partial charge in [-0.1, -0.05) is 54.1 Å². The normalized spacial score (nSPS) is 10.8. The molecule has 0 saturated carbocycles. The third-order valence-electron chi connectivity index (χ3n) is 6.16. The van der Waals surface area contributed by atoms with Gasteiger partial charge in [0, 0.05) is 35.6 Å². The second-order valence-corrected chi connectivity index (χ2v) is 9.19. The molecule has 0 spiro atoms. The van der Waals surface area contributed by atoms with Crippen molar-refractivity contribution in [3.8, 4) is 45.3 Å². The fourth-order valence-electron chi connectivity index (χ4n) is 4.24. The van der Waals surface area contributed by atoms with E-state index in [0.29, 0.717) is 23.5 Å². The van der Waals surface area contributed by atoms with Gasteiger partial charge in [-0.2, -0.15) is 0 Å². The Morgan fingerprint density at radius 2 is 1.10 bits per heavy atom. The number of hydrogen-bond donors (Lipinski definition) is 0. The predicted molar refractivity (Wildman–Crippen MR) is 149 cm³/mol. The monoisotopic (exact) mass is 520 g/mol. The number of carbonyl (C=O) groups excluding carboxylic acids is 2. The third-order valence-corrected chi connectivity index (χ3v) is 6.16. The van der Waals surface area contributed by atoms with Crippen LogP contribution >= 0.6 is 0 Å². The van der Waals surface area contributed by atoms with Crippen molar-refractivity contribution >= 4 is 11.9 Å². The summed E-state index contributed by atoms with van der Waals surface area (Å²) >= 11 is 0. The summed E-state index contributed by atoms with van der Waals surface area (Å²) < 4.78 is 22.5. The van der Waals surface area contributed by atoms with Crippen LogP contribution < -0.4 is 0 Å². The lowest BCUT2D eigenvalue weighted by Gasteiger charge is -2.06. The lowest BCUT2D eigenvalue weighted by Crippen LogP contribution is -2.09. The zero-order valence-electron chi connectivity index (χ0n) is 21.8. The molecule has 0 saturated heterocycles. The van der Waals surface area contributed by atoms with E-state index >= 15 is 0 Å². The number of aryl methyl sites for hydroxylation is 1. The Balaban J connectivity index is 1.29. The molecule has 196 valence electrons. The maximum atomic E-state index is 12.5. The van der Waals surface area contributed by atoms with Gasteiger partial charge < -0.3 is 18.3 Å². The topological polar surface area (TPSA) is 78.9 Å². The minimum Gasteiger partial charge on any atom is -0.466 e. The van der Waals surface area contributed by atoms with E-state index in [0.717, 1.165) is 33.8 Å². The fourth-order valence-corrected chi connectivity index (χ4v) is 4.24. The van der Waals surface area contributed by atoms with E-state index in [1.807, 2.05) is 66.7 Å². The molecular weight excluding hydrogens is 492 g/mol. The third kappa shape index (κ3) is 6.36. The average molecular weight is 521 g/mol. The highest BCUT2D eigenvalue weighted by Crippen LogP contribution is 2.33. The van der Waals surface area contributed by atoms with Crippen molar-refractivity contribution < 1.29 is 27.9 Å². The van der Waals surface area contributed by atoms with Gasteiger partial charge in [-0.25, -0.2) is 4.79 Å². The Hall–Kier alpha value is -4.84. The Morgan fingerprint density at radius 1 is 0.615 bits per heavy atom. The summed E-state index contributed by atoms with van der Waals surface area (Å²) in [6.07, 6.45) is 0.441. The highest BCUT2D eigenvalue weighted by Gasteiger charge is 2.13. The molecule has 0 unspecified atom stereocenters. The first kappa shape index (κ1) is 25.8. The standard InChI is InChI=1S/C33H28O6/c1-22-7-3-8-24(19-22)29-13-14-30(38-29)25-9-4-10-26(20-25)31-15-16-32(39-31)27-11-5-12-28(21-27)33(35)37-18-6-17-36-23(2)34/h3-5,7-16,19-21H,6,17-18H2,1-2H3. The summed E-state index contributed by atoms with van der Waals surface area (Å²) in [5, 5.41) is 0. The number of benzene rings is 3. The van der Waals surface area contributed by atoms with Crippen LogP contribution in [0.3, 0.4) is 0 Å². The minimum atomic E-state index is -0.442. The largest absolute Gasteiger partial charge is 0.466 e. The van der Waals surface area contributed by atoms with Crippen LogP contribution in [0.4, 0.5) is 0 Å². The molecule has 0 aliphatic carbocycles. The van der Waals surface area contributed by atoms with Gasteiger partial charge in [0.15, 0.2) is 0 Å². The van der Waals surface area contributed by atoms with E-state index < -0.39 is 5.97 Å². The predicted octanol–water partition coefficient (Wildman–Crippen LogP) is 7.96. The molecule has 0 atom stereocenters. The quantitative estimate of drug-likeness (QED) is 0.145. The molecule has 2 aromatic heterocycles. The lowest BCUT2D eigenvalue weighted by atomic mass is 10.1. The maximum absolute atomic E-state index is 12.5. The van der Waals surface area contributed by atoms with Crippen LogP contribution in [0.5, 0.6) is 0 Å². The molecule has 0 amide bonds. The molecule has 2 heterocycles. The first-order valence-corrected chi connectivity index (χ1v) is 12.7. The number of hydrogen-bond acceptors (Lipinski definition) is 6. The molecule has 0 N–H and O–H groups in total. The maximum Gasteiger partial charge on any atom is 0.338 e. The zero-order valence-corrected chi connectivity index (χ0v) is 21.8. The molecule has 0 fully saturated rings. The molecule has 0 bridgehead atoms. The van der Waals surface area contributed by atoms with Crippen molar-refractivity contribution in [2.45, 2.75) is 20.3 Å². The van der Waals surface area contributed by atoms with Crippen LogP contribution in [0.25, 0.3) is 45.3 Å². The summed E-state index contributed by atoms with van der Waals surface area (Å²) in [5.74, 6) is 2.14. The molecule has 5 aromatic rings. The van der Waals surface area contributed by atoms with Gasteiger partial charge in [-0.15, -0.1) is 0 Å². The molecule has 6 heteroatoms. The summed E-state index contributed by atoms with van der Waals surface area (Å²) in [7, 11) is 0. The highest BCUT2D eigenvalue weighted by molar-refractivity contribution is 5.91. The number of esters is 2. The Bertz CT molecular complexity index is 1610. The molecule has 5 rings (SSSR count). The Morgan fingerprint density at radius 3 is 1.67 bits per heavy atom. The van der Waals surface area contributed by atoms with Gasteiger partial charge >= 0.3 is 11.9 Å². The molecule has 39 heavy (non-hydrogen) atoms. The molecule has 0 aliphatic heterocycles. The molecule has 3 aromatic carbocycles. The van der Waals surface area contributed by atoms with Crippen LogP contribution in [-0.2, 0) is 14.3 Å². The van der Waals surface area contributed by atoms with Crippen molar-refractivity contribution in [1.29, 1.82) is 0 Å².